The smallest absolute Gasteiger partial charge is 0.339 e. The molecule has 0 aliphatic carbocycles. The summed E-state index contributed by atoms with van der Waals surface area (Å²) in [5.74, 6) is -1.75. The van der Waals surface area contributed by atoms with Crippen molar-refractivity contribution in [2.75, 3.05) is 0 Å². The highest BCUT2D eigenvalue weighted by atomic mass is 19.1. The second-order valence-corrected chi connectivity index (χ2v) is 4.28. The fourth-order valence-electron chi connectivity index (χ4n) is 1.94. The highest BCUT2D eigenvalue weighted by Crippen LogP contribution is 2.29. The van der Waals surface area contributed by atoms with Crippen molar-refractivity contribution in [2.45, 2.75) is 0 Å². The zero-order chi connectivity index (χ0) is 14.8. The van der Waals surface area contributed by atoms with Gasteiger partial charge in [-0.05, 0) is 24.3 Å². The predicted octanol–water partition coefficient (Wildman–Crippen LogP) is 3.26. The first-order valence-corrected chi connectivity index (χ1v) is 6.06. The summed E-state index contributed by atoms with van der Waals surface area (Å²) in [6.45, 7) is 0. The minimum absolute atomic E-state index is 0.00885. The summed E-state index contributed by atoms with van der Waals surface area (Å²) < 4.78 is 18.7. The number of aromatic nitrogens is 2. The van der Waals surface area contributed by atoms with E-state index in [1.165, 1.54) is 6.07 Å². The molecule has 0 spiro atoms. The molecule has 6 heteroatoms. The van der Waals surface area contributed by atoms with Crippen LogP contribution in [0.15, 0.2) is 48.7 Å². The van der Waals surface area contributed by atoms with E-state index in [-0.39, 0.29) is 17.2 Å². The summed E-state index contributed by atoms with van der Waals surface area (Å²) in [6, 6.07) is 10.5. The number of carbonyl (C=O) groups is 1. The predicted molar refractivity (Wildman–Crippen MR) is 73.0 cm³/mol. The number of ether oxygens (including phenoxy) is 1. The van der Waals surface area contributed by atoms with Gasteiger partial charge in [-0.15, -0.1) is 5.10 Å². The quantitative estimate of drug-likeness (QED) is 0.799. The molecule has 3 rings (SSSR count). The molecule has 21 heavy (non-hydrogen) atoms. The third-order valence-electron chi connectivity index (χ3n) is 2.92. The maximum Gasteiger partial charge on any atom is 0.339 e. The van der Waals surface area contributed by atoms with Gasteiger partial charge in [0.2, 0.25) is 5.88 Å². The Balaban J connectivity index is 2.09. The van der Waals surface area contributed by atoms with Crippen LogP contribution in [0.5, 0.6) is 11.6 Å². The number of hydrogen-bond acceptors (Lipinski definition) is 4. The number of hydrogen-bond donors (Lipinski definition) is 1. The molecule has 0 bridgehead atoms. The monoisotopic (exact) mass is 284 g/mol. The standard InChI is InChI=1S/C15H9FN2O3/c16-10-5-6-13(12(7-10)15(19)20)21-14-11-4-2-1-3-9(11)8-17-18-14/h1-8H,(H,19,20). The van der Waals surface area contributed by atoms with Crippen LogP contribution in [0.2, 0.25) is 0 Å². The van der Waals surface area contributed by atoms with Gasteiger partial charge in [0.25, 0.3) is 0 Å². The Morgan fingerprint density at radius 3 is 2.81 bits per heavy atom. The second kappa shape index (κ2) is 5.16. The van der Waals surface area contributed by atoms with Crippen LogP contribution in [0.3, 0.4) is 0 Å². The largest absolute Gasteiger partial charge is 0.478 e. The van der Waals surface area contributed by atoms with Crippen molar-refractivity contribution in [1.82, 2.24) is 10.2 Å². The van der Waals surface area contributed by atoms with E-state index in [1.807, 2.05) is 12.1 Å². The summed E-state index contributed by atoms with van der Waals surface area (Å²) >= 11 is 0. The molecule has 0 atom stereocenters. The number of aromatic carboxylic acids is 1. The van der Waals surface area contributed by atoms with E-state index in [9.17, 15) is 9.18 Å². The van der Waals surface area contributed by atoms with Crippen LogP contribution in [0, 0.1) is 5.82 Å². The molecule has 0 unspecified atom stereocenters. The SMILES string of the molecule is O=C(O)c1cc(F)ccc1Oc1nncc2ccccc12. The number of benzene rings is 2. The minimum atomic E-state index is -1.28. The Kier molecular flexibility index (Phi) is 3.19. The normalized spacial score (nSPS) is 10.5. The van der Waals surface area contributed by atoms with Crippen molar-refractivity contribution in [3.05, 3.63) is 60.0 Å². The van der Waals surface area contributed by atoms with Crippen molar-refractivity contribution < 1.29 is 19.0 Å². The van der Waals surface area contributed by atoms with Gasteiger partial charge in [0.1, 0.15) is 17.1 Å². The zero-order valence-corrected chi connectivity index (χ0v) is 10.7. The summed E-state index contributed by atoms with van der Waals surface area (Å²) in [7, 11) is 0. The van der Waals surface area contributed by atoms with Gasteiger partial charge in [-0.3, -0.25) is 0 Å². The Labute approximate surface area is 118 Å². The molecule has 3 aromatic rings. The van der Waals surface area contributed by atoms with Gasteiger partial charge in [-0.2, -0.15) is 5.10 Å². The van der Waals surface area contributed by atoms with Crippen LogP contribution in [0.1, 0.15) is 10.4 Å². The first-order chi connectivity index (χ1) is 10.1. The van der Waals surface area contributed by atoms with E-state index in [1.54, 1.807) is 18.3 Å². The fourth-order valence-corrected chi connectivity index (χ4v) is 1.94. The molecule has 0 amide bonds. The van der Waals surface area contributed by atoms with Gasteiger partial charge in [-0.25, -0.2) is 9.18 Å². The van der Waals surface area contributed by atoms with Crippen LogP contribution in [-0.2, 0) is 0 Å². The van der Waals surface area contributed by atoms with E-state index >= 15 is 0 Å². The van der Waals surface area contributed by atoms with Crippen molar-refractivity contribution in [3.63, 3.8) is 0 Å². The minimum Gasteiger partial charge on any atom is -0.478 e. The van der Waals surface area contributed by atoms with Crippen LogP contribution in [-0.4, -0.2) is 21.3 Å². The molecular weight excluding hydrogens is 275 g/mol. The van der Waals surface area contributed by atoms with E-state index in [4.69, 9.17) is 9.84 Å². The van der Waals surface area contributed by atoms with Crippen molar-refractivity contribution in [1.29, 1.82) is 0 Å². The highest BCUT2D eigenvalue weighted by molar-refractivity contribution is 5.91. The topological polar surface area (TPSA) is 72.3 Å². The van der Waals surface area contributed by atoms with Gasteiger partial charge in [-0.1, -0.05) is 18.2 Å². The number of rotatable bonds is 3. The maximum atomic E-state index is 13.2. The first-order valence-electron chi connectivity index (χ1n) is 6.06. The van der Waals surface area contributed by atoms with E-state index in [2.05, 4.69) is 10.2 Å². The maximum absolute atomic E-state index is 13.2. The van der Waals surface area contributed by atoms with E-state index in [0.717, 1.165) is 17.5 Å². The molecule has 0 aliphatic rings. The van der Waals surface area contributed by atoms with Crippen LogP contribution < -0.4 is 4.74 Å². The number of carboxylic acids is 1. The Bertz CT molecular complexity index is 831. The molecule has 0 aliphatic heterocycles. The van der Waals surface area contributed by atoms with Gasteiger partial charge in [0.15, 0.2) is 0 Å². The summed E-state index contributed by atoms with van der Waals surface area (Å²) in [4.78, 5) is 11.1. The molecule has 1 heterocycles. The first kappa shape index (κ1) is 13.0. The molecule has 0 saturated heterocycles. The second-order valence-electron chi connectivity index (χ2n) is 4.28. The molecule has 104 valence electrons. The van der Waals surface area contributed by atoms with Gasteiger partial charge >= 0.3 is 5.97 Å². The lowest BCUT2D eigenvalue weighted by Gasteiger charge is -2.09. The van der Waals surface area contributed by atoms with Crippen molar-refractivity contribution in [2.24, 2.45) is 0 Å². The molecule has 2 aromatic carbocycles. The fraction of sp³-hybridized carbons (Fsp3) is 0. The molecule has 5 nitrogen and oxygen atoms in total. The molecule has 1 N–H and O–H groups in total. The van der Waals surface area contributed by atoms with Gasteiger partial charge in [0, 0.05) is 10.8 Å². The highest BCUT2D eigenvalue weighted by Gasteiger charge is 2.15. The molecule has 0 radical (unpaired) electrons. The average molecular weight is 284 g/mol. The van der Waals surface area contributed by atoms with Crippen molar-refractivity contribution in [3.8, 4) is 11.6 Å². The zero-order valence-electron chi connectivity index (χ0n) is 10.7. The van der Waals surface area contributed by atoms with Crippen LogP contribution >= 0.6 is 0 Å². The van der Waals surface area contributed by atoms with E-state index in [0.29, 0.717) is 5.39 Å². The number of halogens is 1. The number of carboxylic acid groups (broad SMARTS) is 1. The Hall–Kier alpha value is -3.02. The number of fused-ring (bicyclic) bond motifs is 1. The molecule has 1 aromatic heterocycles. The summed E-state index contributed by atoms with van der Waals surface area (Å²) in [6.07, 6.45) is 1.57. The molecule has 0 fully saturated rings. The van der Waals surface area contributed by atoms with Gasteiger partial charge < -0.3 is 9.84 Å². The lowest BCUT2D eigenvalue weighted by molar-refractivity contribution is 0.0693. The lowest BCUT2D eigenvalue weighted by Crippen LogP contribution is -2.02. The van der Waals surface area contributed by atoms with Gasteiger partial charge in [0.05, 0.1) is 6.20 Å². The summed E-state index contributed by atoms with van der Waals surface area (Å²) in [5.41, 5.74) is -0.273. The number of nitrogens with zero attached hydrogens (tertiary/aromatic N) is 2. The average Bonchev–Trinajstić information content (AvgIpc) is 2.49. The van der Waals surface area contributed by atoms with Crippen LogP contribution in [0.4, 0.5) is 4.39 Å². The third-order valence-corrected chi connectivity index (χ3v) is 2.92. The summed E-state index contributed by atoms with van der Waals surface area (Å²) in [5, 5.41) is 18.3. The molecular formula is C15H9FN2O3. The molecule has 0 saturated carbocycles. The van der Waals surface area contributed by atoms with Crippen molar-refractivity contribution >= 4 is 16.7 Å². The third kappa shape index (κ3) is 2.51. The van der Waals surface area contributed by atoms with E-state index < -0.39 is 11.8 Å². The Morgan fingerprint density at radius 2 is 2.00 bits per heavy atom. The Morgan fingerprint density at radius 1 is 1.19 bits per heavy atom. The lowest BCUT2D eigenvalue weighted by atomic mass is 10.2. The van der Waals surface area contributed by atoms with Crippen LogP contribution in [0.25, 0.3) is 10.8 Å².